The van der Waals surface area contributed by atoms with Gasteiger partial charge in [-0.15, -0.1) is 0 Å². The van der Waals surface area contributed by atoms with Gasteiger partial charge < -0.3 is 20.1 Å². The number of carbonyl (C=O) groups excluding carboxylic acids is 2. The van der Waals surface area contributed by atoms with E-state index < -0.39 is 6.04 Å². The van der Waals surface area contributed by atoms with Crippen LogP contribution >= 0.6 is 0 Å². The lowest BCUT2D eigenvalue weighted by Crippen LogP contribution is -2.40. The van der Waals surface area contributed by atoms with Gasteiger partial charge in [0.25, 0.3) is 5.91 Å². The van der Waals surface area contributed by atoms with Crippen LogP contribution in [0.4, 0.5) is 0 Å². The zero-order valence-corrected chi connectivity index (χ0v) is 15.5. The lowest BCUT2D eigenvalue weighted by molar-refractivity contribution is -0.123. The van der Waals surface area contributed by atoms with Crippen LogP contribution in [0.1, 0.15) is 28.4 Å². The van der Waals surface area contributed by atoms with Crippen LogP contribution in [0.2, 0.25) is 0 Å². The Morgan fingerprint density at radius 1 is 0.926 bits per heavy atom. The maximum Gasteiger partial charge on any atom is 0.252 e. The molecule has 27 heavy (non-hydrogen) atoms. The van der Waals surface area contributed by atoms with Gasteiger partial charge >= 0.3 is 0 Å². The van der Waals surface area contributed by atoms with Crippen LogP contribution < -0.4 is 10.6 Å². The Morgan fingerprint density at radius 3 is 2.26 bits per heavy atom. The van der Waals surface area contributed by atoms with Gasteiger partial charge in [-0.3, -0.25) is 9.59 Å². The van der Waals surface area contributed by atoms with Gasteiger partial charge in [-0.25, -0.2) is 0 Å². The Hall–Kier alpha value is -2.70. The molecule has 0 aromatic heterocycles. The molecule has 0 bridgehead atoms. The summed E-state index contributed by atoms with van der Waals surface area (Å²) in [5.74, 6) is -0.537. The third-order valence-electron chi connectivity index (χ3n) is 3.90. The molecule has 0 aliphatic heterocycles. The summed E-state index contributed by atoms with van der Waals surface area (Å²) in [6.07, 6.45) is 0.684. The van der Waals surface area contributed by atoms with Crippen molar-refractivity contribution in [3.63, 3.8) is 0 Å². The topological polar surface area (TPSA) is 76.7 Å². The van der Waals surface area contributed by atoms with Crippen molar-refractivity contribution >= 4 is 11.8 Å². The highest BCUT2D eigenvalue weighted by Gasteiger charge is 2.22. The summed E-state index contributed by atoms with van der Waals surface area (Å²) in [6, 6.07) is 17.3. The number of rotatable bonds is 11. The third-order valence-corrected chi connectivity index (χ3v) is 3.90. The summed E-state index contributed by atoms with van der Waals surface area (Å²) in [7, 11) is 1.62. The van der Waals surface area contributed by atoms with Gasteiger partial charge in [0.15, 0.2) is 0 Å². The second kappa shape index (κ2) is 11.8. The lowest BCUT2D eigenvalue weighted by Gasteiger charge is -2.19. The summed E-state index contributed by atoms with van der Waals surface area (Å²) in [5.41, 5.74) is 1.24. The molecular formula is C21H26N2O4. The second-order valence-corrected chi connectivity index (χ2v) is 5.93. The van der Waals surface area contributed by atoms with E-state index in [4.69, 9.17) is 9.47 Å². The molecule has 2 N–H and O–H groups in total. The Kier molecular flexibility index (Phi) is 9.03. The minimum absolute atomic E-state index is 0.248. The number of amides is 2. The minimum atomic E-state index is -0.756. The number of methoxy groups -OCH3 is 1. The summed E-state index contributed by atoms with van der Waals surface area (Å²) in [4.78, 5) is 25.1. The van der Waals surface area contributed by atoms with Crippen LogP contribution in [0.5, 0.6) is 0 Å². The van der Waals surface area contributed by atoms with Gasteiger partial charge in [0.1, 0.15) is 6.04 Å². The van der Waals surface area contributed by atoms with E-state index in [1.54, 1.807) is 31.4 Å². The smallest absolute Gasteiger partial charge is 0.252 e. The zero-order chi connectivity index (χ0) is 19.3. The molecule has 144 valence electrons. The second-order valence-electron chi connectivity index (χ2n) is 5.93. The fourth-order valence-electron chi connectivity index (χ4n) is 2.48. The minimum Gasteiger partial charge on any atom is -0.382 e. The molecule has 0 radical (unpaired) electrons. The Morgan fingerprint density at radius 2 is 1.59 bits per heavy atom. The fraction of sp³-hybridized carbons (Fsp3) is 0.333. The maximum atomic E-state index is 12.7. The normalized spacial score (nSPS) is 11.6. The number of ether oxygens (including phenoxy) is 2. The molecule has 0 saturated carbocycles. The van der Waals surface area contributed by atoms with Crippen LogP contribution in [0.3, 0.4) is 0 Å². The number of carbonyl (C=O) groups is 2. The Labute approximate surface area is 159 Å². The quantitative estimate of drug-likeness (QED) is 0.595. The first-order chi connectivity index (χ1) is 13.2. The first kappa shape index (κ1) is 20.6. The molecule has 2 rings (SSSR count). The molecule has 6 nitrogen and oxygen atoms in total. The summed E-state index contributed by atoms with van der Waals surface area (Å²) >= 11 is 0. The number of nitrogens with one attached hydrogen (secondary N) is 2. The molecule has 0 aliphatic rings. The van der Waals surface area contributed by atoms with Gasteiger partial charge in [0, 0.05) is 25.8 Å². The van der Waals surface area contributed by atoms with Gasteiger partial charge in [0.2, 0.25) is 5.91 Å². The molecule has 0 saturated heterocycles. The average Bonchev–Trinajstić information content (AvgIpc) is 2.72. The third kappa shape index (κ3) is 7.21. The molecule has 0 heterocycles. The van der Waals surface area contributed by atoms with Crippen molar-refractivity contribution in [2.75, 3.05) is 33.5 Å². The van der Waals surface area contributed by atoms with E-state index in [0.717, 1.165) is 5.56 Å². The first-order valence-electron chi connectivity index (χ1n) is 8.97. The van der Waals surface area contributed by atoms with E-state index in [2.05, 4.69) is 10.6 Å². The average molecular weight is 370 g/mol. The molecule has 0 aliphatic carbocycles. The van der Waals surface area contributed by atoms with Crippen molar-refractivity contribution in [2.24, 2.45) is 0 Å². The molecule has 2 aromatic rings. The first-order valence-corrected chi connectivity index (χ1v) is 8.97. The molecule has 2 aromatic carbocycles. The highest BCUT2D eigenvalue weighted by molar-refractivity contribution is 5.97. The summed E-state index contributed by atoms with van der Waals surface area (Å²) in [6.45, 7) is 2.09. The van der Waals surface area contributed by atoms with E-state index >= 15 is 0 Å². The van der Waals surface area contributed by atoms with E-state index in [1.807, 2.05) is 36.4 Å². The number of benzene rings is 2. The number of hydrogen-bond donors (Lipinski definition) is 2. The SMILES string of the molecule is COCCOCCCNC(=O)C(NC(=O)c1ccccc1)c1ccccc1. The van der Waals surface area contributed by atoms with Crippen LogP contribution in [0, 0.1) is 0 Å². The molecule has 1 unspecified atom stereocenters. The van der Waals surface area contributed by atoms with Gasteiger partial charge in [0.05, 0.1) is 13.2 Å². The zero-order valence-electron chi connectivity index (χ0n) is 15.5. The highest BCUT2D eigenvalue weighted by atomic mass is 16.5. The van der Waals surface area contributed by atoms with Gasteiger partial charge in [-0.05, 0) is 24.1 Å². The fourth-order valence-corrected chi connectivity index (χ4v) is 2.48. The molecule has 0 spiro atoms. The van der Waals surface area contributed by atoms with E-state index in [1.165, 1.54) is 0 Å². The van der Waals surface area contributed by atoms with E-state index in [9.17, 15) is 9.59 Å². The van der Waals surface area contributed by atoms with Crippen LogP contribution in [0.25, 0.3) is 0 Å². The Balaban J connectivity index is 1.92. The van der Waals surface area contributed by atoms with E-state index in [-0.39, 0.29) is 11.8 Å². The summed E-state index contributed by atoms with van der Waals surface area (Å²) < 4.78 is 10.3. The highest BCUT2D eigenvalue weighted by Crippen LogP contribution is 2.14. The number of hydrogen-bond acceptors (Lipinski definition) is 4. The van der Waals surface area contributed by atoms with Crippen molar-refractivity contribution < 1.29 is 19.1 Å². The van der Waals surface area contributed by atoms with E-state index in [0.29, 0.717) is 38.3 Å². The largest absolute Gasteiger partial charge is 0.382 e. The molecule has 1 atom stereocenters. The van der Waals surface area contributed by atoms with Crippen LogP contribution in [-0.2, 0) is 14.3 Å². The lowest BCUT2D eigenvalue weighted by atomic mass is 10.1. The molecule has 2 amide bonds. The standard InChI is InChI=1S/C21H26N2O4/c1-26-15-16-27-14-8-13-22-21(25)19(17-9-4-2-5-10-17)23-20(24)18-11-6-3-7-12-18/h2-7,9-12,19H,8,13-16H2,1H3,(H,22,25)(H,23,24). The summed E-state index contributed by atoms with van der Waals surface area (Å²) in [5, 5.41) is 5.68. The predicted molar refractivity (Wildman–Crippen MR) is 103 cm³/mol. The Bertz CT molecular complexity index is 692. The molecule has 0 fully saturated rings. The van der Waals surface area contributed by atoms with Crippen molar-refractivity contribution in [2.45, 2.75) is 12.5 Å². The van der Waals surface area contributed by atoms with Crippen LogP contribution in [0.15, 0.2) is 60.7 Å². The van der Waals surface area contributed by atoms with Crippen molar-refractivity contribution in [1.29, 1.82) is 0 Å². The van der Waals surface area contributed by atoms with Gasteiger partial charge in [-0.1, -0.05) is 48.5 Å². The molecule has 6 heteroatoms. The molecular weight excluding hydrogens is 344 g/mol. The van der Waals surface area contributed by atoms with Crippen molar-refractivity contribution in [3.05, 3.63) is 71.8 Å². The van der Waals surface area contributed by atoms with Crippen molar-refractivity contribution in [1.82, 2.24) is 10.6 Å². The predicted octanol–water partition coefficient (Wildman–Crippen LogP) is 2.33. The van der Waals surface area contributed by atoms with Crippen LogP contribution in [-0.4, -0.2) is 45.3 Å². The van der Waals surface area contributed by atoms with Gasteiger partial charge in [-0.2, -0.15) is 0 Å². The van der Waals surface area contributed by atoms with Crippen molar-refractivity contribution in [3.8, 4) is 0 Å². The monoisotopic (exact) mass is 370 g/mol. The maximum absolute atomic E-state index is 12.7.